The van der Waals surface area contributed by atoms with Crippen molar-refractivity contribution in [3.63, 3.8) is 0 Å². The fourth-order valence-electron chi connectivity index (χ4n) is 2.16. The summed E-state index contributed by atoms with van der Waals surface area (Å²) in [5, 5.41) is -0.336. The van der Waals surface area contributed by atoms with E-state index >= 15 is 0 Å². The number of halogens is 3. The first-order valence-corrected chi connectivity index (χ1v) is 8.18. The Hall–Kier alpha value is -2.25. The molecule has 0 bridgehead atoms. The van der Waals surface area contributed by atoms with Crippen molar-refractivity contribution in [2.24, 2.45) is 0 Å². The first-order valence-electron chi connectivity index (χ1n) is 6.32. The van der Waals surface area contributed by atoms with Crippen LogP contribution in [0, 0.1) is 11.6 Å². The molecule has 0 saturated heterocycles. The number of hydrogen-bond acceptors (Lipinski definition) is 3. The van der Waals surface area contributed by atoms with Crippen LogP contribution in [0.5, 0.6) is 0 Å². The molecular weight excluding hydrogens is 348 g/mol. The van der Waals surface area contributed by atoms with Crippen LogP contribution in [0.3, 0.4) is 0 Å². The molecule has 0 amide bonds. The molecule has 0 atom stereocenters. The lowest BCUT2D eigenvalue weighted by molar-refractivity contribution is 0.593. The molecule has 2 aromatic carbocycles. The zero-order valence-electron chi connectivity index (χ0n) is 11.3. The minimum Gasteiger partial charge on any atom is -0.357 e. The van der Waals surface area contributed by atoms with Crippen molar-refractivity contribution in [2.75, 3.05) is 0 Å². The number of benzene rings is 2. The number of pyridine rings is 1. The minimum atomic E-state index is -4.17. The highest BCUT2D eigenvalue weighted by molar-refractivity contribution is 7.91. The van der Waals surface area contributed by atoms with E-state index in [1.54, 1.807) is 0 Å². The molecule has 0 aliphatic heterocycles. The van der Waals surface area contributed by atoms with Gasteiger partial charge in [0.15, 0.2) is 5.82 Å². The molecule has 0 saturated carbocycles. The predicted octanol–water partition coefficient (Wildman–Crippen LogP) is 3.29. The van der Waals surface area contributed by atoms with E-state index < -0.39 is 31.8 Å². The SMILES string of the molecule is O=c1c(S(=O)(=O)c2ccc(F)cc2)c[nH]c2c(F)c(Cl)ccc12. The quantitative estimate of drug-likeness (QED) is 0.717. The van der Waals surface area contributed by atoms with Crippen LogP contribution in [-0.4, -0.2) is 13.4 Å². The molecule has 3 aromatic rings. The van der Waals surface area contributed by atoms with Crippen molar-refractivity contribution in [1.82, 2.24) is 4.98 Å². The van der Waals surface area contributed by atoms with Crippen LogP contribution in [0.2, 0.25) is 5.02 Å². The molecule has 0 radical (unpaired) electrons. The summed E-state index contributed by atoms with van der Waals surface area (Å²) in [4.78, 5) is 14.0. The Morgan fingerprint density at radius 3 is 2.30 bits per heavy atom. The summed E-state index contributed by atoms with van der Waals surface area (Å²) in [6.45, 7) is 0. The van der Waals surface area contributed by atoms with Gasteiger partial charge in [-0.1, -0.05) is 11.6 Å². The highest BCUT2D eigenvalue weighted by Crippen LogP contribution is 2.24. The van der Waals surface area contributed by atoms with E-state index in [1.165, 1.54) is 12.1 Å². The van der Waals surface area contributed by atoms with E-state index in [-0.39, 0.29) is 20.8 Å². The first-order chi connectivity index (χ1) is 10.8. The Morgan fingerprint density at radius 2 is 1.65 bits per heavy atom. The summed E-state index contributed by atoms with van der Waals surface area (Å²) in [5.74, 6) is -1.44. The van der Waals surface area contributed by atoms with Gasteiger partial charge in [-0.15, -0.1) is 0 Å². The van der Waals surface area contributed by atoms with Crippen molar-refractivity contribution in [3.05, 3.63) is 69.5 Å². The van der Waals surface area contributed by atoms with Gasteiger partial charge in [0, 0.05) is 11.6 Å². The van der Waals surface area contributed by atoms with Gasteiger partial charge in [-0.05, 0) is 36.4 Å². The Bertz CT molecular complexity index is 1080. The van der Waals surface area contributed by atoms with Crippen LogP contribution in [0.25, 0.3) is 10.9 Å². The van der Waals surface area contributed by atoms with Gasteiger partial charge < -0.3 is 4.98 Å². The van der Waals surface area contributed by atoms with Gasteiger partial charge in [-0.25, -0.2) is 17.2 Å². The monoisotopic (exact) mass is 355 g/mol. The third kappa shape index (κ3) is 2.51. The van der Waals surface area contributed by atoms with Gasteiger partial charge in [0.1, 0.15) is 10.7 Å². The number of hydrogen-bond donors (Lipinski definition) is 1. The molecule has 8 heteroatoms. The summed E-state index contributed by atoms with van der Waals surface area (Å²) < 4.78 is 51.8. The summed E-state index contributed by atoms with van der Waals surface area (Å²) in [6.07, 6.45) is 0.906. The number of fused-ring (bicyclic) bond motifs is 1. The number of nitrogens with one attached hydrogen (secondary N) is 1. The third-order valence-corrected chi connectivity index (χ3v) is 5.39. The summed E-state index contributed by atoms with van der Waals surface area (Å²) in [7, 11) is -4.17. The van der Waals surface area contributed by atoms with Crippen LogP contribution >= 0.6 is 11.6 Å². The Balaban J connectivity index is 2.29. The molecule has 1 aromatic heterocycles. The lowest BCUT2D eigenvalue weighted by Gasteiger charge is -2.06. The van der Waals surface area contributed by atoms with Crippen molar-refractivity contribution < 1.29 is 17.2 Å². The lowest BCUT2D eigenvalue weighted by atomic mass is 10.2. The zero-order chi connectivity index (χ0) is 16.8. The van der Waals surface area contributed by atoms with E-state index in [0.29, 0.717) is 0 Å². The molecule has 0 aliphatic carbocycles. The van der Waals surface area contributed by atoms with Gasteiger partial charge in [-0.3, -0.25) is 4.79 Å². The topological polar surface area (TPSA) is 67.0 Å². The highest BCUT2D eigenvalue weighted by Gasteiger charge is 2.23. The van der Waals surface area contributed by atoms with E-state index in [4.69, 9.17) is 11.6 Å². The maximum Gasteiger partial charge on any atom is 0.211 e. The van der Waals surface area contributed by atoms with E-state index in [2.05, 4.69) is 4.98 Å². The third-order valence-electron chi connectivity index (χ3n) is 3.32. The van der Waals surface area contributed by atoms with Crippen LogP contribution in [-0.2, 0) is 9.84 Å². The van der Waals surface area contributed by atoms with Gasteiger partial charge in [-0.2, -0.15) is 0 Å². The lowest BCUT2D eigenvalue weighted by Crippen LogP contribution is -2.16. The Labute approximate surface area is 134 Å². The first kappa shape index (κ1) is 15.6. The second-order valence-electron chi connectivity index (χ2n) is 4.72. The summed E-state index contributed by atoms with van der Waals surface area (Å²) >= 11 is 5.63. The maximum atomic E-state index is 13.9. The molecular formula is C15H8ClF2NO3S. The van der Waals surface area contributed by atoms with Crippen LogP contribution in [0.15, 0.2) is 57.2 Å². The largest absolute Gasteiger partial charge is 0.357 e. The van der Waals surface area contributed by atoms with Crippen LogP contribution in [0.1, 0.15) is 0 Å². The molecule has 0 fully saturated rings. The van der Waals surface area contributed by atoms with Crippen molar-refractivity contribution >= 4 is 32.3 Å². The summed E-state index contributed by atoms with van der Waals surface area (Å²) in [6, 6.07) is 6.46. The number of rotatable bonds is 2. The minimum absolute atomic E-state index is 0.143. The second kappa shape index (κ2) is 5.43. The van der Waals surface area contributed by atoms with Crippen molar-refractivity contribution in [1.29, 1.82) is 0 Å². The van der Waals surface area contributed by atoms with Crippen LogP contribution in [0.4, 0.5) is 8.78 Å². The van der Waals surface area contributed by atoms with Gasteiger partial charge >= 0.3 is 0 Å². The molecule has 4 nitrogen and oxygen atoms in total. The van der Waals surface area contributed by atoms with Gasteiger partial charge in [0.05, 0.1) is 15.4 Å². The van der Waals surface area contributed by atoms with Crippen LogP contribution < -0.4 is 5.43 Å². The normalized spacial score (nSPS) is 11.8. The second-order valence-corrected chi connectivity index (χ2v) is 7.05. The molecule has 1 heterocycles. The number of sulfone groups is 1. The fraction of sp³-hybridized carbons (Fsp3) is 0. The zero-order valence-corrected chi connectivity index (χ0v) is 12.9. The summed E-state index contributed by atoms with van der Waals surface area (Å²) in [5.41, 5.74) is -1.04. The van der Waals surface area contributed by atoms with Gasteiger partial charge in [0.25, 0.3) is 0 Å². The van der Waals surface area contributed by atoms with Crippen molar-refractivity contribution in [3.8, 4) is 0 Å². The Morgan fingerprint density at radius 1 is 1.00 bits per heavy atom. The van der Waals surface area contributed by atoms with Crippen molar-refractivity contribution in [2.45, 2.75) is 9.79 Å². The highest BCUT2D eigenvalue weighted by atomic mass is 35.5. The predicted molar refractivity (Wildman–Crippen MR) is 81.4 cm³/mol. The van der Waals surface area contributed by atoms with E-state index in [0.717, 1.165) is 30.5 Å². The molecule has 0 spiro atoms. The Kier molecular flexibility index (Phi) is 3.69. The fourth-order valence-corrected chi connectivity index (χ4v) is 3.63. The molecule has 3 rings (SSSR count). The van der Waals surface area contributed by atoms with Gasteiger partial charge in [0.2, 0.25) is 15.3 Å². The van der Waals surface area contributed by atoms with E-state index in [9.17, 15) is 22.0 Å². The maximum absolute atomic E-state index is 13.9. The number of aromatic nitrogens is 1. The van der Waals surface area contributed by atoms with E-state index in [1.807, 2.05) is 0 Å². The molecule has 1 N–H and O–H groups in total. The average Bonchev–Trinajstić information content (AvgIpc) is 2.51. The molecule has 118 valence electrons. The molecule has 23 heavy (non-hydrogen) atoms. The number of H-pyrrole nitrogens is 1. The average molecular weight is 356 g/mol. The molecule has 0 aliphatic rings. The standard InChI is InChI=1S/C15H8ClF2NO3S/c16-11-6-5-10-14(13(11)18)19-7-12(15(10)20)23(21,22)9-3-1-8(17)2-4-9/h1-7H,(H,19,20). The molecule has 0 unspecified atom stereocenters. The number of aromatic amines is 1. The smallest absolute Gasteiger partial charge is 0.211 e.